The monoisotopic (exact) mass is 264 g/mol. The van der Waals surface area contributed by atoms with Gasteiger partial charge in [-0.1, -0.05) is 23.8 Å². The maximum absolute atomic E-state index is 3.53. The van der Waals surface area contributed by atoms with Crippen molar-refractivity contribution in [1.29, 1.82) is 0 Å². The number of thioether (sulfide) groups is 1. The number of benzene rings is 1. The van der Waals surface area contributed by atoms with Crippen molar-refractivity contribution in [3.63, 3.8) is 0 Å². The minimum atomic E-state index is 0.433. The molecule has 0 bridgehead atoms. The highest BCUT2D eigenvalue weighted by Crippen LogP contribution is 2.28. The lowest BCUT2D eigenvalue weighted by atomic mass is 9.94. The van der Waals surface area contributed by atoms with E-state index in [-0.39, 0.29) is 0 Å². The molecule has 0 spiro atoms. The lowest BCUT2D eigenvalue weighted by Gasteiger charge is -2.38. The first-order valence-electron chi connectivity index (χ1n) is 6.66. The molecule has 2 unspecified atom stereocenters. The topological polar surface area (TPSA) is 15.3 Å². The second kappa shape index (κ2) is 6.09. The Hall–Kier alpha value is -0.510. The van der Waals surface area contributed by atoms with Gasteiger partial charge in [-0.25, -0.2) is 0 Å². The molecule has 3 heteroatoms. The molecule has 0 radical (unpaired) electrons. The predicted molar refractivity (Wildman–Crippen MR) is 81.5 cm³/mol. The standard InChI is InChI=1S/C15H24N2S/c1-11-5-6-12(2)13(9-11)15(16-3)14-10-18-8-7-17(14)4/h5-6,9,14-16H,7-8,10H2,1-4H3. The third kappa shape index (κ3) is 2.90. The number of nitrogens with one attached hydrogen (secondary N) is 1. The zero-order chi connectivity index (χ0) is 13.1. The minimum Gasteiger partial charge on any atom is -0.312 e. The Morgan fingerprint density at radius 1 is 1.39 bits per heavy atom. The average Bonchev–Trinajstić information content (AvgIpc) is 2.36. The molecular weight excluding hydrogens is 240 g/mol. The van der Waals surface area contributed by atoms with Crippen LogP contribution < -0.4 is 5.32 Å². The maximum Gasteiger partial charge on any atom is 0.0486 e. The van der Waals surface area contributed by atoms with E-state index in [0.717, 1.165) is 0 Å². The molecule has 0 amide bonds. The maximum atomic E-state index is 3.53. The van der Waals surface area contributed by atoms with Gasteiger partial charge in [0.15, 0.2) is 0 Å². The Labute approximate surface area is 115 Å². The Balaban J connectivity index is 2.29. The van der Waals surface area contributed by atoms with Gasteiger partial charge in [-0.05, 0) is 39.1 Å². The van der Waals surface area contributed by atoms with Gasteiger partial charge in [0.25, 0.3) is 0 Å². The fraction of sp³-hybridized carbons (Fsp3) is 0.600. The largest absolute Gasteiger partial charge is 0.312 e. The van der Waals surface area contributed by atoms with Gasteiger partial charge in [0.2, 0.25) is 0 Å². The molecule has 1 N–H and O–H groups in total. The summed E-state index contributed by atoms with van der Waals surface area (Å²) in [6.45, 7) is 5.59. The number of hydrogen-bond donors (Lipinski definition) is 1. The van der Waals surface area contributed by atoms with Crippen molar-refractivity contribution in [3.05, 3.63) is 34.9 Å². The number of nitrogens with zero attached hydrogens (tertiary/aromatic N) is 1. The molecule has 0 saturated carbocycles. The molecule has 1 aliphatic heterocycles. The molecule has 0 aromatic heterocycles. The third-order valence-electron chi connectivity index (χ3n) is 3.91. The van der Waals surface area contributed by atoms with E-state index >= 15 is 0 Å². The summed E-state index contributed by atoms with van der Waals surface area (Å²) in [7, 11) is 4.33. The van der Waals surface area contributed by atoms with Crippen LogP contribution >= 0.6 is 11.8 Å². The zero-order valence-corrected chi connectivity index (χ0v) is 12.7. The van der Waals surface area contributed by atoms with E-state index in [0.29, 0.717) is 12.1 Å². The van der Waals surface area contributed by atoms with E-state index in [9.17, 15) is 0 Å². The smallest absolute Gasteiger partial charge is 0.0486 e. The van der Waals surface area contributed by atoms with Crippen molar-refractivity contribution < 1.29 is 0 Å². The van der Waals surface area contributed by atoms with Gasteiger partial charge < -0.3 is 5.32 Å². The lowest BCUT2D eigenvalue weighted by molar-refractivity contribution is 0.221. The minimum absolute atomic E-state index is 0.433. The zero-order valence-electron chi connectivity index (χ0n) is 11.9. The van der Waals surface area contributed by atoms with Crippen LogP contribution in [-0.2, 0) is 0 Å². The Morgan fingerprint density at radius 3 is 2.83 bits per heavy atom. The number of hydrogen-bond acceptors (Lipinski definition) is 3. The van der Waals surface area contributed by atoms with E-state index in [1.807, 2.05) is 0 Å². The van der Waals surface area contributed by atoms with E-state index in [4.69, 9.17) is 0 Å². The first-order chi connectivity index (χ1) is 8.63. The average molecular weight is 264 g/mol. The van der Waals surface area contributed by atoms with Crippen molar-refractivity contribution in [2.24, 2.45) is 0 Å². The second-order valence-electron chi connectivity index (χ2n) is 5.25. The Kier molecular flexibility index (Phi) is 4.71. The number of likely N-dealkylation sites (N-methyl/N-ethyl adjacent to an activating group) is 2. The normalized spacial score (nSPS) is 23.0. The number of rotatable bonds is 3. The summed E-state index contributed by atoms with van der Waals surface area (Å²) in [4.78, 5) is 2.50. The van der Waals surface area contributed by atoms with Gasteiger partial charge in [0.05, 0.1) is 0 Å². The van der Waals surface area contributed by atoms with Crippen LogP contribution in [0.25, 0.3) is 0 Å². The van der Waals surface area contributed by atoms with Crippen molar-refractivity contribution in [2.75, 3.05) is 32.1 Å². The highest BCUT2D eigenvalue weighted by Gasteiger charge is 2.28. The van der Waals surface area contributed by atoms with E-state index in [1.165, 1.54) is 34.7 Å². The summed E-state index contributed by atoms with van der Waals surface area (Å²) in [5, 5.41) is 3.53. The van der Waals surface area contributed by atoms with E-state index in [1.54, 1.807) is 0 Å². The molecule has 18 heavy (non-hydrogen) atoms. The quantitative estimate of drug-likeness (QED) is 0.903. The van der Waals surface area contributed by atoms with Crippen molar-refractivity contribution in [1.82, 2.24) is 10.2 Å². The van der Waals surface area contributed by atoms with Crippen LogP contribution in [0.15, 0.2) is 18.2 Å². The summed E-state index contributed by atoms with van der Waals surface area (Å²) in [5.41, 5.74) is 4.20. The molecule has 1 fully saturated rings. The van der Waals surface area contributed by atoms with Crippen LogP contribution in [0.1, 0.15) is 22.7 Å². The first-order valence-corrected chi connectivity index (χ1v) is 7.81. The van der Waals surface area contributed by atoms with Gasteiger partial charge in [-0.2, -0.15) is 11.8 Å². The van der Waals surface area contributed by atoms with Gasteiger partial charge in [0, 0.05) is 30.1 Å². The third-order valence-corrected chi connectivity index (χ3v) is 4.96. The van der Waals surface area contributed by atoms with Crippen molar-refractivity contribution in [2.45, 2.75) is 25.9 Å². The SMILES string of the molecule is CNC(c1cc(C)ccc1C)C1CSCCN1C. The summed E-state index contributed by atoms with van der Waals surface area (Å²) < 4.78 is 0. The fourth-order valence-electron chi connectivity index (χ4n) is 2.71. The van der Waals surface area contributed by atoms with E-state index in [2.05, 4.69) is 68.1 Å². The molecule has 1 aliphatic rings. The van der Waals surface area contributed by atoms with E-state index < -0.39 is 0 Å². The summed E-state index contributed by atoms with van der Waals surface area (Å²) in [6, 6.07) is 7.80. The summed E-state index contributed by atoms with van der Waals surface area (Å²) >= 11 is 2.07. The molecule has 2 nitrogen and oxygen atoms in total. The Morgan fingerprint density at radius 2 is 2.17 bits per heavy atom. The molecule has 2 atom stereocenters. The lowest BCUT2D eigenvalue weighted by Crippen LogP contribution is -2.47. The van der Waals surface area contributed by atoms with Crippen LogP contribution in [0, 0.1) is 13.8 Å². The predicted octanol–water partition coefficient (Wildman–Crippen LogP) is 2.61. The van der Waals surface area contributed by atoms with Gasteiger partial charge >= 0.3 is 0 Å². The van der Waals surface area contributed by atoms with Gasteiger partial charge in [0.1, 0.15) is 0 Å². The van der Waals surface area contributed by atoms with Gasteiger partial charge in [-0.15, -0.1) is 0 Å². The molecular formula is C15H24N2S. The molecule has 1 saturated heterocycles. The van der Waals surface area contributed by atoms with Crippen molar-refractivity contribution in [3.8, 4) is 0 Å². The van der Waals surface area contributed by atoms with Gasteiger partial charge in [-0.3, -0.25) is 4.90 Å². The second-order valence-corrected chi connectivity index (χ2v) is 6.40. The van der Waals surface area contributed by atoms with Crippen LogP contribution in [-0.4, -0.2) is 43.1 Å². The van der Waals surface area contributed by atoms with Crippen LogP contribution in [0.2, 0.25) is 0 Å². The molecule has 100 valence electrons. The molecule has 1 aromatic rings. The number of aryl methyl sites for hydroxylation is 2. The highest BCUT2D eigenvalue weighted by molar-refractivity contribution is 7.99. The van der Waals surface area contributed by atoms with Crippen LogP contribution in [0.5, 0.6) is 0 Å². The fourth-order valence-corrected chi connectivity index (χ4v) is 3.98. The first kappa shape index (κ1) is 13.9. The van der Waals surface area contributed by atoms with Crippen LogP contribution in [0.3, 0.4) is 0 Å². The van der Waals surface area contributed by atoms with Crippen LogP contribution in [0.4, 0.5) is 0 Å². The highest BCUT2D eigenvalue weighted by atomic mass is 32.2. The molecule has 0 aliphatic carbocycles. The molecule has 2 rings (SSSR count). The summed E-state index contributed by atoms with van der Waals surface area (Å²) in [5.74, 6) is 2.48. The molecule has 1 heterocycles. The summed E-state index contributed by atoms with van der Waals surface area (Å²) in [6.07, 6.45) is 0. The van der Waals surface area contributed by atoms with Crippen molar-refractivity contribution >= 4 is 11.8 Å². The Bertz CT molecular complexity index is 405. The molecule has 1 aromatic carbocycles.